The Morgan fingerprint density at radius 1 is 1.00 bits per heavy atom. The summed E-state index contributed by atoms with van der Waals surface area (Å²) in [5, 5.41) is 0. The lowest BCUT2D eigenvalue weighted by Gasteiger charge is -2.33. The number of methoxy groups -OCH3 is 1. The molecule has 2 unspecified atom stereocenters. The van der Waals surface area contributed by atoms with E-state index in [1.165, 1.54) is 16.7 Å². The number of nitrogens with zero attached hydrogens (tertiary/aromatic N) is 1. The van der Waals surface area contributed by atoms with Crippen molar-refractivity contribution in [2.45, 2.75) is 44.6 Å². The van der Waals surface area contributed by atoms with Crippen molar-refractivity contribution in [1.82, 2.24) is 4.90 Å². The zero-order chi connectivity index (χ0) is 18.6. The van der Waals surface area contributed by atoms with Gasteiger partial charge in [0.1, 0.15) is 6.61 Å². The van der Waals surface area contributed by atoms with Crippen LogP contribution in [0, 0.1) is 0 Å². The fourth-order valence-electron chi connectivity index (χ4n) is 4.10. The van der Waals surface area contributed by atoms with Crippen molar-refractivity contribution in [3.8, 4) is 0 Å². The van der Waals surface area contributed by atoms with Crippen LogP contribution < -0.4 is 0 Å². The summed E-state index contributed by atoms with van der Waals surface area (Å²) in [5.74, 6) is 0. The van der Waals surface area contributed by atoms with Crippen molar-refractivity contribution < 1.29 is 14.3 Å². The molecule has 2 aliphatic rings. The highest BCUT2D eigenvalue weighted by Crippen LogP contribution is 2.39. The smallest absolute Gasteiger partial charge is 0.410 e. The average Bonchev–Trinajstić information content (AvgIpc) is 2.97. The Labute approximate surface area is 160 Å². The van der Waals surface area contributed by atoms with Crippen LogP contribution in [0.25, 0.3) is 5.57 Å². The van der Waals surface area contributed by atoms with E-state index >= 15 is 0 Å². The van der Waals surface area contributed by atoms with E-state index in [1.54, 1.807) is 7.11 Å². The van der Waals surface area contributed by atoms with Gasteiger partial charge in [0.2, 0.25) is 0 Å². The fourth-order valence-corrected chi connectivity index (χ4v) is 4.10. The molecule has 2 aromatic carbocycles. The monoisotopic (exact) mass is 363 g/mol. The molecule has 27 heavy (non-hydrogen) atoms. The van der Waals surface area contributed by atoms with Gasteiger partial charge in [0, 0.05) is 13.2 Å². The van der Waals surface area contributed by atoms with Gasteiger partial charge in [0.05, 0.1) is 12.6 Å². The number of hydrogen-bond donors (Lipinski definition) is 0. The van der Waals surface area contributed by atoms with E-state index < -0.39 is 0 Å². The molecule has 2 aromatic rings. The molecule has 0 radical (unpaired) electrons. The van der Waals surface area contributed by atoms with Crippen LogP contribution in [0.15, 0.2) is 60.7 Å². The van der Waals surface area contributed by atoms with Gasteiger partial charge < -0.3 is 9.47 Å². The molecule has 2 atom stereocenters. The van der Waals surface area contributed by atoms with E-state index in [4.69, 9.17) is 9.47 Å². The number of carbonyl (C=O) groups excluding carboxylic acids is 1. The van der Waals surface area contributed by atoms with Gasteiger partial charge >= 0.3 is 6.09 Å². The maximum absolute atomic E-state index is 12.7. The van der Waals surface area contributed by atoms with Gasteiger partial charge in [0.25, 0.3) is 0 Å². The van der Waals surface area contributed by atoms with Crippen LogP contribution >= 0.6 is 0 Å². The zero-order valence-electron chi connectivity index (χ0n) is 15.6. The Morgan fingerprint density at radius 2 is 1.74 bits per heavy atom. The number of ether oxygens (including phenoxy) is 2. The third kappa shape index (κ3) is 3.91. The van der Waals surface area contributed by atoms with E-state index in [0.717, 1.165) is 24.8 Å². The van der Waals surface area contributed by atoms with E-state index in [0.29, 0.717) is 13.2 Å². The molecule has 2 heterocycles. The summed E-state index contributed by atoms with van der Waals surface area (Å²) in [7, 11) is 1.71. The van der Waals surface area contributed by atoms with Crippen LogP contribution in [0.1, 0.15) is 36.0 Å². The second kappa shape index (κ2) is 7.97. The number of rotatable bonds is 5. The maximum atomic E-state index is 12.7. The van der Waals surface area contributed by atoms with E-state index in [2.05, 4.69) is 30.3 Å². The molecule has 140 valence electrons. The van der Waals surface area contributed by atoms with Crippen molar-refractivity contribution in [3.63, 3.8) is 0 Å². The first kappa shape index (κ1) is 17.8. The predicted molar refractivity (Wildman–Crippen MR) is 105 cm³/mol. The molecule has 4 nitrogen and oxygen atoms in total. The summed E-state index contributed by atoms with van der Waals surface area (Å²) < 4.78 is 10.8. The molecule has 4 rings (SSSR count). The zero-order valence-corrected chi connectivity index (χ0v) is 15.6. The second-order valence-electron chi connectivity index (χ2n) is 7.27. The van der Waals surface area contributed by atoms with Gasteiger partial charge in [0.15, 0.2) is 0 Å². The SMILES string of the molecule is COCc1ccc(C2=CC3CCC(C2)N3C(=O)OCc2ccccc2)cc1. The highest BCUT2D eigenvalue weighted by atomic mass is 16.6. The third-order valence-electron chi connectivity index (χ3n) is 5.45. The summed E-state index contributed by atoms with van der Waals surface area (Å²) >= 11 is 0. The molecule has 2 aliphatic heterocycles. The topological polar surface area (TPSA) is 38.8 Å². The Bertz CT molecular complexity index is 813. The third-order valence-corrected chi connectivity index (χ3v) is 5.45. The standard InChI is InChI=1S/C23H25NO3/c1-26-15-18-7-9-19(10-8-18)20-13-21-11-12-22(14-20)24(21)23(25)27-16-17-5-3-2-4-6-17/h2-10,13,21-22H,11-12,14-16H2,1H3. The first-order chi connectivity index (χ1) is 13.2. The Kier molecular flexibility index (Phi) is 5.26. The van der Waals surface area contributed by atoms with Crippen molar-refractivity contribution in [2.24, 2.45) is 0 Å². The van der Waals surface area contributed by atoms with E-state index in [1.807, 2.05) is 35.2 Å². The summed E-state index contributed by atoms with van der Waals surface area (Å²) in [6.45, 7) is 0.957. The quantitative estimate of drug-likeness (QED) is 0.767. The van der Waals surface area contributed by atoms with Crippen molar-refractivity contribution in [1.29, 1.82) is 0 Å². The lowest BCUT2D eigenvalue weighted by Crippen LogP contribution is -2.43. The Balaban J connectivity index is 1.43. The number of hydrogen-bond acceptors (Lipinski definition) is 3. The minimum Gasteiger partial charge on any atom is -0.445 e. The normalized spacial score (nSPS) is 21.1. The summed E-state index contributed by atoms with van der Waals surface area (Å²) in [4.78, 5) is 14.6. The molecule has 0 aliphatic carbocycles. The highest BCUT2D eigenvalue weighted by Gasteiger charge is 2.40. The molecule has 0 N–H and O–H groups in total. The molecule has 2 bridgehead atoms. The minimum atomic E-state index is -0.197. The van der Waals surface area contributed by atoms with Crippen molar-refractivity contribution in [3.05, 3.63) is 77.4 Å². The van der Waals surface area contributed by atoms with Crippen LogP contribution in [-0.4, -0.2) is 30.2 Å². The number of benzene rings is 2. The summed E-state index contributed by atoms with van der Waals surface area (Å²) in [6, 6.07) is 18.7. The van der Waals surface area contributed by atoms with Gasteiger partial charge in [-0.2, -0.15) is 0 Å². The first-order valence-corrected chi connectivity index (χ1v) is 9.52. The Hall–Kier alpha value is -2.59. The molecule has 4 heteroatoms. The van der Waals surface area contributed by atoms with Crippen LogP contribution in [0.2, 0.25) is 0 Å². The predicted octanol–water partition coefficient (Wildman–Crippen LogP) is 4.79. The molecule has 0 aromatic heterocycles. The molecular formula is C23H25NO3. The maximum Gasteiger partial charge on any atom is 0.410 e. The lowest BCUT2D eigenvalue weighted by molar-refractivity contribution is 0.0832. The summed E-state index contributed by atoms with van der Waals surface area (Å²) in [6.07, 6.45) is 4.99. The second-order valence-corrected chi connectivity index (χ2v) is 7.27. The molecule has 1 amide bonds. The van der Waals surface area contributed by atoms with Gasteiger partial charge in [-0.1, -0.05) is 60.7 Å². The van der Waals surface area contributed by atoms with Gasteiger partial charge in [-0.3, -0.25) is 4.90 Å². The number of fused-ring (bicyclic) bond motifs is 2. The highest BCUT2D eigenvalue weighted by molar-refractivity contribution is 5.75. The molecular weight excluding hydrogens is 338 g/mol. The van der Waals surface area contributed by atoms with Crippen LogP contribution in [0.3, 0.4) is 0 Å². The van der Waals surface area contributed by atoms with Gasteiger partial charge in [-0.15, -0.1) is 0 Å². The minimum absolute atomic E-state index is 0.140. The average molecular weight is 363 g/mol. The molecule has 0 spiro atoms. The van der Waals surface area contributed by atoms with Crippen LogP contribution in [0.5, 0.6) is 0 Å². The molecule has 1 fully saturated rings. The van der Waals surface area contributed by atoms with Crippen molar-refractivity contribution >= 4 is 11.7 Å². The molecule has 1 saturated heterocycles. The largest absolute Gasteiger partial charge is 0.445 e. The van der Waals surface area contributed by atoms with Gasteiger partial charge in [-0.05, 0) is 41.5 Å². The van der Waals surface area contributed by atoms with E-state index in [-0.39, 0.29) is 18.2 Å². The lowest BCUT2D eigenvalue weighted by atomic mass is 9.94. The fraction of sp³-hybridized carbons (Fsp3) is 0.348. The summed E-state index contributed by atoms with van der Waals surface area (Å²) in [5.41, 5.74) is 4.76. The first-order valence-electron chi connectivity index (χ1n) is 9.52. The number of amides is 1. The van der Waals surface area contributed by atoms with Crippen LogP contribution in [0.4, 0.5) is 4.79 Å². The molecule has 0 saturated carbocycles. The number of carbonyl (C=O) groups is 1. The van der Waals surface area contributed by atoms with Crippen LogP contribution in [-0.2, 0) is 22.7 Å². The van der Waals surface area contributed by atoms with Gasteiger partial charge in [-0.25, -0.2) is 4.79 Å². The van der Waals surface area contributed by atoms with Crippen molar-refractivity contribution in [2.75, 3.05) is 7.11 Å². The Morgan fingerprint density at radius 3 is 2.44 bits per heavy atom. The van der Waals surface area contributed by atoms with E-state index in [9.17, 15) is 4.79 Å².